The first-order valence-electron chi connectivity index (χ1n) is 9.35. The molecule has 0 saturated heterocycles. The SMILES string of the molecule is NCC1c2[nH]c3ccc(Cl)cc3c2CCN1C(=O)NCc1cccc(Cl)c1.O=CO. The first-order valence-corrected chi connectivity index (χ1v) is 10.1. The van der Waals surface area contributed by atoms with Gasteiger partial charge in [0.05, 0.1) is 6.04 Å². The van der Waals surface area contributed by atoms with Gasteiger partial charge < -0.3 is 26.0 Å². The molecule has 0 bridgehead atoms. The number of carboxylic acid groups (broad SMARTS) is 1. The topological polar surface area (TPSA) is 111 Å². The highest BCUT2D eigenvalue weighted by Gasteiger charge is 2.32. The van der Waals surface area contributed by atoms with Crippen LogP contribution in [0.25, 0.3) is 10.9 Å². The number of aromatic nitrogens is 1. The molecular weight excluding hydrogens is 427 g/mol. The minimum absolute atomic E-state index is 0.132. The van der Waals surface area contributed by atoms with Gasteiger partial charge in [0.25, 0.3) is 6.47 Å². The summed E-state index contributed by atoms with van der Waals surface area (Å²) in [7, 11) is 0. The number of nitrogens with one attached hydrogen (secondary N) is 2. The molecule has 158 valence electrons. The minimum Gasteiger partial charge on any atom is -0.483 e. The third-order valence-corrected chi connectivity index (χ3v) is 5.50. The predicted octanol–water partition coefficient (Wildman–Crippen LogP) is 3.94. The Bertz CT molecular complexity index is 1050. The van der Waals surface area contributed by atoms with Crippen LogP contribution < -0.4 is 11.1 Å². The van der Waals surface area contributed by atoms with E-state index in [0.29, 0.717) is 29.7 Å². The molecule has 0 radical (unpaired) electrons. The number of urea groups is 1. The van der Waals surface area contributed by atoms with E-state index in [4.69, 9.17) is 38.8 Å². The molecular formula is C21H22Cl2N4O3. The molecule has 1 aliphatic heterocycles. The maximum Gasteiger partial charge on any atom is 0.318 e. The lowest BCUT2D eigenvalue weighted by molar-refractivity contribution is -0.122. The average Bonchev–Trinajstić information content (AvgIpc) is 3.10. The zero-order valence-corrected chi connectivity index (χ0v) is 17.6. The molecule has 1 aromatic heterocycles. The van der Waals surface area contributed by atoms with Crippen LogP contribution in [0.1, 0.15) is 22.9 Å². The van der Waals surface area contributed by atoms with E-state index in [-0.39, 0.29) is 18.5 Å². The van der Waals surface area contributed by atoms with E-state index in [2.05, 4.69) is 10.3 Å². The summed E-state index contributed by atoms with van der Waals surface area (Å²) in [4.78, 5) is 26.4. The first kappa shape index (κ1) is 22.0. The Balaban J connectivity index is 0.000000806. The highest BCUT2D eigenvalue weighted by Crippen LogP contribution is 2.35. The van der Waals surface area contributed by atoms with Gasteiger partial charge >= 0.3 is 6.03 Å². The second kappa shape index (κ2) is 9.84. The van der Waals surface area contributed by atoms with Crippen LogP contribution in [0.5, 0.6) is 0 Å². The van der Waals surface area contributed by atoms with Crippen LogP contribution in [0.2, 0.25) is 10.0 Å². The molecule has 2 amide bonds. The molecule has 1 unspecified atom stereocenters. The summed E-state index contributed by atoms with van der Waals surface area (Å²) in [5, 5.41) is 12.3. The number of hydrogen-bond donors (Lipinski definition) is 4. The number of nitrogens with two attached hydrogens (primary N) is 1. The van der Waals surface area contributed by atoms with Crippen molar-refractivity contribution in [3.8, 4) is 0 Å². The fraction of sp³-hybridized carbons (Fsp3) is 0.238. The Hall–Kier alpha value is -2.74. The van der Waals surface area contributed by atoms with Gasteiger partial charge in [-0.2, -0.15) is 0 Å². The van der Waals surface area contributed by atoms with Crippen LogP contribution in [-0.2, 0) is 17.8 Å². The quantitative estimate of drug-likeness (QED) is 0.454. The van der Waals surface area contributed by atoms with Gasteiger partial charge in [0.15, 0.2) is 0 Å². The van der Waals surface area contributed by atoms with Crippen molar-refractivity contribution < 1.29 is 14.7 Å². The molecule has 2 aromatic carbocycles. The maximum absolute atomic E-state index is 12.8. The third kappa shape index (κ3) is 4.70. The summed E-state index contributed by atoms with van der Waals surface area (Å²) in [6, 6.07) is 12.9. The fourth-order valence-electron chi connectivity index (χ4n) is 3.75. The summed E-state index contributed by atoms with van der Waals surface area (Å²) in [6.45, 7) is 1.12. The van der Waals surface area contributed by atoms with E-state index in [1.165, 1.54) is 5.56 Å². The van der Waals surface area contributed by atoms with E-state index in [1.54, 1.807) is 4.90 Å². The number of hydrogen-bond acceptors (Lipinski definition) is 3. The number of carbonyl (C=O) groups excluding carboxylic acids is 1. The molecule has 0 saturated carbocycles. The number of rotatable bonds is 3. The Morgan fingerprint density at radius 3 is 2.70 bits per heavy atom. The normalized spacial score (nSPS) is 15.2. The van der Waals surface area contributed by atoms with E-state index < -0.39 is 0 Å². The summed E-state index contributed by atoms with van der Waals surface area (Å²) in [6.07, 6.45) is 0.761. The monoisotopic (exact) mass is 448 g/mol. The van der Waals surface area contributed by atoms with Crippen LogP contribution in [-0.4, -0.2) is 40.6 Å². The lowest BCUT2D eigenvalue weighted by Crippen LogP contribution is -2.47. The molecule has 4 rings (SSSR count). The van der Waals surface area contributed by atoms with E-state index in [0.717, 1.165) is 28.6 Å². The van der Waals surface area contributed by atoms with Gasteiger partial charge in [-0.15, -0.1) is 0 Å². The Labute approximate surface area is 183 Å². The van der Waals surface area contributed by atoms with Gasteiger partial charge in [0.1, 0.15) is 0 Å². The number of H-pyrrole nitrogens is 1. The number of nitrogens with zero attached hydrogens (tertiary/aromatic N) is 1. The Morgan fingerprint density at radius 1 is 1.27 bits per heavy atom. The van der Waals surface area contributed by atoms with Crippen LogP contribution in [0.3, 0.4) is 0 Å². The first-order chi connectivity index (χ1) is 14.5. The maximum atomic E-state index is 12.8. The standard InChI is InChI=1S/C20H20Cl2N4O.CH2O2/c21-13-3-1-2-12(8-13)11-24-20(27)26-7-6-15-16-9-14(22)4-5-17(16)25-19(15)18(26)10-23;2-1-3/h1-5,8-9,18,25H,6-7,10-11,23H2,(H,24,27);1H,(H,2,3). The van der Waals surface area contributed by atoms with Gasteiger partial charge in [-0.25, -0.2) is 4.79 Å². The van der Waals surface area contributed by atoms with Gasteiger partial charge in [-0.1, -0.05) is 35.3 Å². The van der Waals surface area contributed by atoms with Crippen molar-refractivity contribution in [1.82, 2.24) is 15.2 Å². The lowest BCUT2D eigenvalue weighted by atomic mass is 9.97. The zero-order valence-electron chi connectivity index (χ0n) is 16.1. The fourth-order valence-corrected chi connectivity index (χ4v) is 4.14. The second-order valence-corrected chi connectivity index (χ2v) is 7.67. The van der Waals surface area contributed by atoms with Crippen molar-refractivity contribution in [3.05, 3.63) is 69.3 Å². The average molecular weight is 449 g/mol. The molecule has 7 nitrogen and oxygen atoms in total. The summed E-state index contributed by atoms with van der Waals surface area (Å²) in [5.74, 6) is 0. The van der Waals surface area contributed by atoms with Gasteiger partial charge in [-0.3, -0.25) is 4.79 Å². The smallest absolute Gasteiger partial charge is 0.318 e. The van der Waals surface area contributed by atoms with Crippen molar-refractivity contribution in [1.29, 1.82) is 0 Å². The third-order valence-electron chi connectivity index (χ3n) is 5.03. The molecule has 1 aliphatic rings. The van der Waals surface area contributed by atoms with E-state index in [1.807, 2.05) is 42.5 Å². The van der Waals surface area contributed by atoms with Crippen LogP contribution in [0.15, 0.2) is 42.5 Å². The highest BCUT2D eigenvalue weighted by atomic mass is 35.5. The summed E-state index contributed by atoms with van der Waals surface area (Å²) >= 11 is 12.2. The number of fused-ring (bicyclic) bond motifs is 3. The molecule has 0 aliphatic carbocycles. The molecule has 9 heteroatoms. The molecule has 0 spiro atoms. The molecule has 5 N–H and O–H groups in total. The van der Waals surface area contributed by atoms with Gasteiger partial charge in [0.2, 0.25) is 0 Å². The minimum atomic E-state index is -0.250. The van der Waals surface area contributed by atoms with Crippen molar-refractivity contribution in [2.24, 2.45) is 5.73 Å². The van der Waals surface area contributed by atoms with Gasteiger partial charge in [0, 0.05) is 46.3 Å². The molecule has 30 heavy (non-hydrogen) atoms. The number of carbonyl (C=O) groups is 2. The summed E-state index contributed by atoms with van der Waals surface area (Å²) < 4.78 is 0. The number of halogens is 2. The predicted molar refractivity (Wildman–Crippen MR) is 118 cm³/mol. The Kier molecular flexibility index (Phi) is 7.20. The van der Waals surface area contributed by atoms with Crippen LogP contribution in [0, 0.1) is 0 Å². The summed E-state index contributed by atoms with van der Waals surface area (Å²) in [5.41, 5.74) is 10.2. The van der Waals surface area contributed by atoms with Gasteiger partial charge in [-0.05, 0) is 47.9 Å². The molecule has 3 aromatic rings. The second-order valence-electron chi connectivity index (χ2n) is 6.80. The van der Waals surface area contributed by atoms with Crippen molar-refractivity contribution in [2.45, 2.75) is 19.0 Å². The number of benzene rings is 2. The molecule has 2 heterocycles. The lowest BCUT2D eigenvalue weighted by Gasteiger charge is -2.35. The molecule has 0 fully saturated rings. The van der Waals surface area contributed by atoms with Crippen LogP contribution >= 0.6 is 23.2 Å². The largest absolute Gasteiger partial charge is 0.483 e. The van der Waals surface area contributed by atoms with Crippen molar-refractivity contribution in [2.75, 3.05) is 13.1 Å². The van der Waals surface area contributed by atoms with Crippen LogP contribution in [0.4, 0.5) is 4.79 Å². The highest BCUT2D eigenvalue weighted by molar-refractivity contribution is 6.31. The van der Waals surface area contributed by atoms with Crippen molar-refractivity contribution in [3.63, 3.8) is 0 Å². The van der Waals surface area contributed by atoms with Crippen molar-refractivity contribution >= 4 is 46.6 Å². The number of amides is 2. The van der Waals surface area contributed by atoms with E-state index in [9.17, 15) is 4.79 Å². The zero-order chi connectivity index (χ0) is 21.7. The van der Waals surface area contributed by atoms with E-state index >= 15 is 0 Å². The molecule has 1 atom stereocenters. The Morgan fingerprint density at radius 2 is 2.00 bits per heavy atom. The number of aromatic amines is 1.